The lowest BCUT2D eigenvalue weighted by atomic mass is 10.3. The summed E-state index contributed by atoms with van der Waals surface area (Å²) in [5.74, 6) is 0. The van der Waals surface area contributed by atoms with Gasteiger partial charge in [-0.15, -0.1) is 0 Å². The Morgan fingerprint density at radius 2 is 1.93 bits per heavy atom. The topological polar surface area (TPSA) is 15.3 Å². The maximum absolute atomic E-state index is 3.45. The van der Waals surface area contributed by atoms with Gasteiger partial charge in [0.05, 0.1) is 0 Å². The van der Waals surface area contributed by atoms with Gasteiger partial charge in [-0.05, 0) is 58.3 Å². The van der Waals surface area contributed by atoms with E-state index in [9.17, 15) is 0 Å². The summed E-state index contributed by atoms with van der Waals surface area (Å²) in [5.41, 5.74) is 0. The van der Waals surface area contributed by atoms with Crippen LogP contribution in [0.1, 0.15) is 46.0 Å². The van der Waals surface area contributed by atoms with Crippen molar-refractivity contribution in [2.75, 3.05) is 26.2 Å². The van der Waals surface area contributed by atoms with Crippen molar-refractivity contribution in [3.8, 4) is 0 Å². The molecule has 84 valence electrons. The normalized spacial score (nSPS) is 16.5. The van der Waals surface area contributed by atoms with Gasteiger partial charge in [0, 0.05) is 6.04 Å². The molecule has 1 aliphatic rings. The first-order valence-corrected chi connectivity index (χ1v) is 6.33. The average molecular weight is 198 g/mol. The monoisotopic (exact) mass is 198 g/mol. The summed E-state index contributed by atoms with van der Waals surface area (Å²) in [6, 6.07) is 0.948. The van der Waals surface area contributed by atoms with Gasteiger partial charge in [-0.25, -0.2) is 0 Å². The van der Waals surface area contributed by atoms with E-state index < -0.39 is 0 Å². The molecule has 0 unspecified atom stereocenters. The SMILES string of the molecule is CCCNCCCCN(CC)C1CC1. The highest BCUT2D eigenvalue weighted by Crippen LogP contribution is 2.26. The Morgan fingerprint density at radius 3 is 2.50 bits per heavy atom. The van der Waals surface area contributed by atoms with Gasteiger partial charge in [-0.1, -0.05) is 13.8 Å². The van der Waals surface area contributed by atoms with Crippen molar-refractivity contribution in [3.63, 3.8) is 0 Å². The Hall–Kier alpha value is -0.0800. The predicted molar refractivity (Wildman–Crippen MR) is 62.7 cm³/mol. The third kappa shape index (κ3) is 4.97. The summed E-state index contributed by atoms with van der Waals surface area (Å²) >= 11 is 0. The molecule has 2 heteroatoms. The number of hydrogen-bond donors (Lipinski definition) is 1. The lowest BCUT2D eigenvalue weighted by Gasteiger charge is -2.19. The molecule has 1 saturated carbocycles. The van der Waals surface area contributed by atoms with Crippen molar-refractivity contribution in [1.29, 1.82) is 0 Å². The van der Waals surface area contributed by atoms with Gasteiger partial charge < -0.3 is 10.2 Å². The van der Waals surface area contributed by atoms with Crippen LogP contribution in [0.25, 0.3) is 0 Å². The smallest absolute Gasteiger partial charge is 0.00963 e. The zero-order chi connectivity index (χ0) is 10.2. The molecule has 1 N–H and O–H groups in total. The van der Waals surface area contributed by atoms with Crippen molar-refractivity contribution >= 4 is 0 Å². The van der Waals surface area contributed by atoms with Crippen LogP contribution in [0.4, 0.5) is 0 Å². The first-order valence-electron chi connectivity index (χ1n) is 6.33. The number of nitrogens with zero attached hydrogens (tertiary/aromatic N) is 1. The van der Waals surface area contributed by atoms with Crippen LogP contribution in [0.15, 0.2) is 0 Å². The van der Waals surface area contributed by atoms with E-state index in [-0.39, 0.29) is 0 Å². The van der Waals surface area contributed by atoms with Crippen LogP contribution in [-0.4, -0.2) is 37.1 Å². The van der Waals surface area contributed by atoms with Gasteiger partial charge in [0.2, 0.25) is 0 Å². The Kier molecular flexibility index (Phi) is 6.20. The minimum absolute atomic E-state index is 0.948. The molecule has 0 spiro atoms. The Bertz CT molecular complexity index is 132. The van der Waals surface area contributed by atoms with Crippen molar-refractivity contribution in [2.45, 2.75) is 52.0 Å². The van der Waals surface area contributed by atoms with E-state index in [0.717, 1.165) is 6.04 Å². The standard InChI is InChI=1S/C12H26N2/c1-3-9-13-10-5-6-11-14(4-2)12-7-8-12/h12-13H,3-11H2,1-2H3. The summed E-state index contributed by atoms with van der Waals surface area (Å²) in [4.78, 5) is 2.64. The summed E-state index contributed by atoms with van der Waals surface area (Å²) in [7, 11) is 0. The minimum atomic E-state index is 0.948. The second-order valence-electron chi connectivity index (χ2n) is 4.32. The molecule has 0 aliphatic heterocycles. The van der Waals surface area contributed by atoms with Crippen molar-refractivity contribution in [1.82, 2.24) is 10.2 Å². The number of hydrogen-bond acceptors (Lipinski definition) is 2. The lowest BCUT2D eigenvalue weighted by molar-refractivity contribution is 0.271. The van der Waals surface area contributed by atoms with Crippen LogP contribution in [-0.2, 0) is 0 Å². The fourth-order valence-electron chi connectivity index (χ4n) is 1.91. The third-order valence-corrected chi connectivity index (χ3v) is 2.95. The molecular formula is C12H26N2. The van der Waals surface area contributed by atoms with Gasteiger partial charge in [-0.3, -0.25) is 0 Å². The number of rotatable bonds is 9. The van der Waals surface area contributed by atoms with Crippen molar-refractivity contribution in [2.24, 2.45) is 0 Å². The van der Waals surface area contributed by atoms with Crippen LogP contribution in [0.5, 0.6) is 0 Å². The van der Waals surface area contributed by atoms with Gasteiger partial charge in [0.25, 0.3) is 0 Å². The molecule has 1 rings (SSSR count). The lowest BCUT2D eigenvalue weighted by Crippen LogP contribution is -2.27. The number of nitrogens with one attached hydrogen (secondary N) is 1. The highest BCUT2D eigenvalue weighted by atomic mass is 15.2. The van der Waals surface area contributed by atoms with Crippen molar-refractivity contribution < 1.29 is 0 Å². The quantitative estimate of drug-likeness (QED) is 0.572. The van der Waals surface area contributed by atoms with Gasteiger partial charge in [-0.2, -0.15) is 0 Å². The average Bonchev–Trinajstić information content (AvgIpc) is 3.01. The summed E-state index contributed by atoms with van der Waals surface area (Å²) in [6.45, 7) is 9.45. The zero-order valence-corrected chi connectivity index (χ0v) is 9.89. The zero-order valence-electron chi connectivity index (χ0n) is 9.89. The fraction of sp³-hybridized carbons (Fsp3) is 1.00. The Labute approximate surface area is 89.1 Å². The molecular weight excluding hydrogens is 172 g/mol. The second-order valence-corrected chi connectivity index (χ2v) is 4.32. The van der Waals surface area contributed by atoms with Crippen LogP contribution in [0.2, 0.25) is 0 Å². The molecule has 0 radical (unpaired) electrons. The molecule has 0 aromatic carbocycles. The largest absolute Gasteiger partial charge is 0.317 e. The maximum Gasteiger partial charge on any atom is 0.00963 e. The fourth-order valence-corrected chi connectivity index (χ4v) is 1.91. The molecule has 1 fully saturated rings. The molecule has 14 heavy (non-hydrogen) atoms. The Balaban J connectivity index is 1.86. The summed E-state index contributed by atoms with van der Waals surface area (Å²) < 4.78 is 0. The highest BCUT2D eigenvalue weighted by molar-refractivity contribution is 4.83. The second kappa shape index (κ2) is 7.24. The van der Waals surface area contributed by atoms with Crippen LogP contribution in [0.3, 0.4) is 0 Å². The molecule has 0 aromatic heterocycles. The molecule has 0 saturated heterocycles. The molecule has 0 aromatic rings. The van der Waals surface area contributed by atoms with E-state index in [4.69, 9.17) is 0 Å². The predicted octanol–water partition coefficient (Wildman–Crippen LogP) is 2.25. The first kappa shape index (κ1) is 12.0. The minimum Gasteiger partial charge on any atom is -0.317 e. The highest BCUT2D eigenvalue weighted by Gasteiger charge is 2.26. The molecule has 1 aliphatic carbocycles. The van der Waals surface area contributed by atoms with Crippen molar-refractivity contribution in [3.05, 3.63) is 0 Å². The van der Waals surface area contributed by atoms with Crippen LogP contribution in [0, 0.1) is 0 Å². The third-order valence-electron chi connectivity index (χ3n) is 2.95. The van der Waals surface area contributed by atoms with Gasteiger partial charge in [0.1, 0.15) is 0 Å². The van der Waals surface area contributed by atoms with E-state index in [1.54, 1.807) is 0 Å². The molecule has 2 nitrogen and oxygen atoms in total. The van der Waals surface area contributed by atoms with E-state index >= 15 is 0 Å². The molecule has 0 atom stereocenters. The maximum atomic E-state index is 3.45. The van der Waals surface area contributed by atoms with Gasteiger partial charge >= 0.3 is 0 Å². The summed E-state index contributed by atoms with van der Waals surface area (Å²) in [6.07, 6.45) is 6.84. The van der Waals surface area contributed by atoms with E-state index in [0.29, 0.717) is 0 Å². The van der Waals surface area contributed by atoms with Crippen LogP contribution >= 0.6 is 0 Å². The van der Waals surface area contributed by atoms with E-state index in [1.165, 1.54) is 58.3 Å². The molecule has 0 bridgehead atoms. The Morgan fingerprint density at radius 1 is 1.14 bits per heavy atom. The molecule has 0 heterocycles. The van der Waals surface area contributed by atoms with Crippen LogP contribution < -0.4 is 5.32 Å². The van der Waals surface area contributed by atoms with E-state index in [2.05, 4.69) is 24.1 Å². The molecule has 0 amide bonds. The van der Waals surface area contributed by atoms with Gasteiger partial charge in [0.15, 0.2) is 0 Å². The number of unbranched alkanes of at least 4 members (excludes halogenated alkanes) is 1. The van der Waals surface area contributed by atoms with E-state index in [1.807, 2.05) is 0 Å². The first-order chi connectivity index (χ1) is 6.88. The summed E-state index contributed by atoms with van der Waals surface area (Å²) in [5, 5.41) is 3.45.